The van der Waals surface area contributed by atoms with Crippen molar-refractivity contribution >= 4 is 41.2 Å². The lowest BCUT2D eigenvalue weighted by atomic mass is 10.1. The van der Waals surface area contributed by atoms with Gasteiger partial charge in [-0.3, -0.25) is 34.1 Å². The molecule has 3 atom stereocenters. The second-order valence-corrected chi connectivity index (χ2v) is 6.35. The summed E-state index contributed by atoms with van der Waals surface area (Å²) < 4.78 is 19.9. The van der Waals surface area contributed by atoms with Crippen LogP contribution in [0.5, 0.6) is 0 Å². The number of nitro groups is 1. The highest BCUT2D eigenvalue weighted by atomic mass is 16.6. The Morgan fingerprint density at radius 3 is 2.03 bits per heavy atom. The normalized spacial score (nSPS) is 13.0. The van der Waals surface area contributed by atoms with Gasteiger partial charge in [-0.25, -0.2) is 0 Å². The number of esters is 4. The van der Waals surface area contributed by atoms with Crippen molar-refractivity contribution in [3.8, 4) is 0 Å². The van der Waals surface area contributed by atoms with Crippen molar-refractivity contribution in [3.05, 3.63) is 34.4 Å². The number of carbonyl (C=O) groups is 5. The second kappa shape index (κ2) is 12.0. The molecule has 1 aromatic carbocycles. The maximum absolute atomic E-state index is 12.9. The first kappa shape index (κ1) is 26.0. The van der Waals surface area contributed by atoms with Gasteiger partial charge in [0.1, 0.15) is 6.61 Å². The minimum Gasteiger partial charge on any atom is -0.462 e. The fourth-order valence-electron chi connectivity index (χ4n) is 2.49. The van der Waals surface area contributed by atoms with Gasteiger partial charge in [-0.15, -0.1) is 0 Å². The fraction of sp³-hybridized carbons (Fsp3) is 0.421. The predicted octanol–water partition coefficient (Wildman–Crippen LogP) is 0.892. The first-order chi connectivity index (χ1) is 14.9. The van der Waals surface area contributed by atoms with Gasteiger partial charge >= 0.3 is 23.9 Å². The van der Waals surface area contributed by atoms with E-state index in [1.807, 2.05) is 0 Å². The van der Waals surface area contributed by atoms with Crippen molar-refractivity contribution in [1.29, 1.82) is 0 Å². The molecule has 1 N–H and O–H groups in total. The summed E-state index contributed by atoms with van der Waals surface area (Å²) in [6.07, 6.45) is -5.09. The van der Waals surface area contributed by atoms with E-state index >= 15 is 0 Å². The Hall–Kier alpha value is -4.03. The number of non-ortho nitro benzene ring substituents is 1. The van der Waals surface area contributed by atoms with Gasteiger partial charge in [-0.1, -0.05) is 6.07 Å². The molecule has 0 aliphatic carbocycles. The zero-order valence-corrected chi connectivity index (χ0v) is 17.7. The van der Waals surface area contributed by atoms with Crippen molar-refractivity contribution in [2.45, 2.75) is 46.0 Å². The third-order valence-corrected chi connectivity index (χ3v) is 3.61. The smallest absolute Gasteiger partial charge is 0.303 e. The maximum atomic E-state index is 12.9. The second-order valence-electron chi connectivity index (χ2n) is 6.35. The van der Waals surface area contributed by atoms with Gasteiger partial charge in [0.05, 0.1) is 4.92 Å². The molecule has 0 aliphatic rings. The Morgan fingerprint density at radius 2 is 1.53 bits per heavy atom. The lowest BCUT2D eigenvalue weighted by Crippen LogP contribution is -2.52. The molecule has 0 aliphatic heterocycles. The van der Waals surface area contributed by atoms with E-state index in [2.05, 4.69) is 5.32 Å². The highest BCUT2D eigenvalue weighted by Gasteiger charge is 2.42. The molecule has 0 bridgehead atoms. The molecule has 0 saturated carbocycles. The molecule has 0 fully saturated rings. The zero-order valence-electron chi connectivity index (χ0n) is 17.7. The number of amides is 1. The van der Waals surface area contributed by atoms with E-state index in [4.69, 9.17) is 18.9 Å². The third-order valence-electron chi connectivity index (χ3n) is 3.61. The maximum Gasteiger partial charge on any atom is 0.303 e. The molecule has 1 aromatic rings. The standard InChI is InChI=1S/C19H22N2O11/c1-10(22)29-9-16(30-11(2)23)17(31-12(3)24)18(32-13(4)25)19(26)20-14-6-5-7-15(8-14)21(27)28/h5-8,16-18H,9H2,1-4H3,(H,20,26)/t16-,17+,18+/m0/s1. The minimum absolute atomic E-state index is 0.0213. The van der Waals surface area contributed by atoms with Gasteiger partial charge in [-0.05, 0) is 6.07 Å². The van der Waals surface area contributed by atoms with Gasteiger partial charge in [0.25, 0.3) is 11.6 Å². The average Bonchev–Trinajstić information content (AvgIpc) is 2.67. The van der Waals surface area contributed by atoms with Crippen molar-refractivity contribution in [1.82, 2.24) is 0 Å². The molecule has 32 heavy (non-hydrogen) atoms. The van der Waals surface area contributed by atoms with Gasteiger partial charge in [0, 0.05) is 45.5 Å². The topological polar surface area (TPSA) is 177 Å². The van der Waals surface area contributed by atoms with Crippen molar-refractivity contribution in [2.75, 3.05) is 11.9 Å². The number of nitro benzene ring substituents is 1. The molecule has 0 saturated heterocycles. The lowest BCUT2D eigenvalue weighted by Gasteiger charge is -2.30. The van der Waals surface area contributed by atoms with Crippen LogP contribution in [-0.4, -0.2) is 59.6 Å². The van der Waals surface area contributed by atoms with Crippen LogP contribution in [-0.2, 0) is 42.9 Å². The number of hydrogen-bond acceptors (Lipinski definition) is 11. The summed E-state index contributed by atoms with van der Waals surface area (Å²) in [6, 6.07) is 4.88. The Balaban J connectivity index is 3.32. The molecular formula is C19H22N2O11. The van der Waals surface area contributed by atoms with Crippen LogP contribution in [0, 0.1) is 10.1 Å². The lowest BCUT2D eigenvalue weighted by molar-refractivity contribution is -0.384. The van der Waals surface area contributed by atoms with Crippen molar-refractivity contribution in [3.63, 3.8) is 0 Å². The Kier molecular flexibility index (Phi) is 9.73. The summed E-state index contributed by atoms with van der Waals surface area (Å²) >= 11 is 0. The zero-order chi connectivity index (χ0) is 24.4. The monoisotopic (exact) mass is 454 g/mol. The Labute approximate surface area is 182 Å². The van der Waals surface area contributed by atoms with E-state index in [0.717, 1.165) is 33.8 Å². The molecule has 0 aromatic heterocycles. The van der Waals surface area contributed by atoms with Crippen LogP contribution in [0.3, 0.4) is 0 Å². The Morgan fingerprint density at radius 1 is 0.938 bits per heavy atom. The number of rotatable bonds is 10. The summed E-state index contributed by atoms with van der Waals surface area (Å²) in [7, 11) is 0. The summed E-state index contributed by atoms with van der Waals surface area (Å²) in [5, 5.41) is 13.3. The van der Waals surface area contributed by atoms with E-state index in [9.17, 15) is 34.1 Å². The first-order valence-electron chi connectivity index (χ1n) is 9.11. The van der Waals surface area contributed by atoms with Crippen LogP contribution in [0.15, 0.2) is 24.3 Å². The van der Waals surface area contributed by atoms with Crippen molar-refractivity contribution in [2.24, 2.45) is 0 Å². The number of benzene rings is 1. The predicted molar refractivity (Wildman–Crippen MR) is 105 cm³/mol. The number of ether oxygens (including phenoxy) is 4. The quantitative estimate of drug-likeness (QED) is 0.230. The van der Waals surface area contributed by atoms with Crippen LogP contribution in [0.2, 0.25) is 0 Å². The van der Waals surface area contributed by atoms with Gasteiger partial charge in [0.2, 0.25) is 6.10 Å². The van der Waals surface area contributed by atoms with E-state index in [1.54, 1.807) is 0 Å². The number of anilines is 1. The van der Waals surface area contributed by atoms with E-state index in [0.29, 0.717) is 0 Å². The average molecular weight is 454 g/mol. The fourth-order valence-corrected chi connectivity index (χ4v) is 2.49. The molecule has 174 valence electrons. The molecule has 0 unspecified atom stereocenters. The SMILES string of the molecule is CC(=O)OC[C@H](OC(C)=O)[C@@H](OC(C)=O)[C@@H](OC(C)=O)C(=O)Nc1cccc([N+](=O)[O-])c1. The minimum atomic E-state index is -1.87. The van der Waals surface area contributed by atoms with E-state index < -0.39 is 59.6 Å². The molecule has 13 heteroatoms. The summed E-state index contributed by atoms with van der Waals surface area (Å²) in [4.78, 5) is 69.1. The highest BCUT2D eigenvalue weighted by Crippen LogP contribution is 2.20. The molecule has 0 radical (unpaired) electrons. The van der Waals surface area contributed by atoms with Gasteiger partial charge in [-0.2, -0.15) is 0 Å². The van der Waals surface area contributed by atoms with E-state index in [1.165, 1.54) is 18.2 Å². The van der Waals surface area contributed by atoms with E-state index in [-0.39, 0.29) is 11.4 Å². The van der Waals surface area contributed by atoms with Crippen LogP contribution in [0.4, 0.5) is 11.4 Å². The number of carbonyl (C=O) groups excluding carboxylic acids is 5. The largest absolute Gasteiger partial charge is 0.462 e. The molecular weight excluding hydrogens is 432 g/mol. The molecule has 0 heterocycles. The summed E-state index contributed by atoms with van der Waals surface area (Å²) in [6.45, 7) is 3.45. The van der Waals surface area contributed by atoms with Gasteiger partial charge < -0.3 is 24.3 Å². The molecule has 0 spiro atoms. The van der Waals surface area contributed by atoms with Crippen LogP contribution in [0.25, 0.3) is 0 Å². The first-order valence-corrected chi connectivity index (χ1v) is 9.11. The summed E-state index contributed by atoms with van der Waals surface area (Å²) in [5.41, 5.74) is -0.344. The third kappa shape index (κ3) is 8.77. The number of nitrogens with one attached hydrogen (secondary N) is 1. The Bertz CT molecular complexity index is 899. The highest BCUT2D eigenvalue weighted by molar-refractivity contribution is 5.96. The van der Waals surface area contributed by atoms with Crippen molar-refractivity contribution < 1.29 is 47.8 Å². The number of hydrogen-bond donors (Lipinski definition) is 1. The number of nitrogens with zero attached hydrogens (tertiary/aromatic N) is 1. The molecule has 1 rings (SSSR count). The van der Waals surface area contributed by atoms with Gasteiger partial charge in [0.15, 0.2) is 12.2 Å². The summed E-state index contributed by atoms with van der Waals surface area (Å²) in [5.74, 6) is -4.54. The van der Waals surface area contributed by atoms with Crippen LogP contribution >= 0.6 is 0 Å². The van der Waals surface area contributed by atoms with Crippen LogP contribution in [0.1, 0.15) is 27.7 Å². The van der Waals surface area contributed by atoms with Crippen LogP contribution < -0.4 is 5.32 Å². The molecule has 13 nitrogen and oxygen atoms in total. The molecule has 1 amide bonds.